The van der Waals surface area contributed by atoms with Gasteiger partial charge < -0.3 is 4.74 Å². The van der Waals surface area contributed by atoms with Gasteiger partial charge in [-0.2, -0.15) is 10.2 Å². The van der Waals surface area contributed by atoms with Crippen LogP contribution in [-0.4, -0.2) is 38.9 Å². The highest BCUT2D eigenvalue weighted by Gasteiger charge is 2.14. The SMILES string of the molecule is COC(=O)c1cn(-c2ccc(Cl)cc2)nc1C.Cc1nn(-c2ccc(Cl)cc2)cc1C=O. The largest absolute Gasteiger partial charge is 0.465 e. The molecule has 4 rings (SSSR count). The van der Waals surface area contributed by atoms with Crippen LogP contribution in [0.15, 0.2) is 60.9 Å². The third-order valence-electron chi connectivity index (χ3n) is 4.55. The van der Waals surface area contributed by atoms with Crippen molar-refractivity contribution in [3.63, 3.8) is 0 Å². The van der Waals surface area contributed by atoms with Crippen molar-refractivity contribution in [1.29, 1.82) is 0 Å². The van der Waals surface area contributed by atoms with E-state index in [9.17, 15) is 9.59 Å². The molecule has 2 aromatic heterocycles. The topological polar surface area (TPSA) is 79.0 Å². The molecule has 4 aromatic rings. The molecule has 2 heterocycles. The molecule has 0 saturated carbocycles. The van der Waals surface area contributed by atoms with Gasteiger partial charge in [-0.15, -0.1) is 0 Å². The van der Waals surface area contributed by atoms with E-state index in [1.165, 1.54) is 7.11 Å². The molecule has 2 aromatic carbocycles. The van der Waals surface area contributed by atoms with E-state index < -0.39 is 0 Å². The van der Waals surface area contributed by atoms with E-state index in [-0.39, 0.29) is 5.97 Å². The third kappa shape index (κ3) is 5.43. The van der Waals surface area contributed by atoms with Crippen LogP contribution in [0.3, 0.4) is 0 Å². The summed E-state index contributed by atoms with van der Waals surface area (Å²) in [5.41, 5.74) is 4.14. The number of esters is 1. The second kappa shape index (κ2) is 10.3. The molecule has 0 saturated heterocycles. The van der Waals surface area contributed by atoms with Crippen LogP contribution < -0.4 is 0 Å². The first kappa shape index (κ1) is 23.2. The van der Waals surface area contributed by atoms with Gasteiger partial charge in [0.1, 0.15) is 5.56 Å². The van der Waals surface area contributed by atoms with Crippen molar-refractivity contribution < 1.29 is 14.3 Å². The van der Waals surface area contributed by atoms with Crippen LogP contribution in [0.1, 0.15) is 32.1 Å². The molecule has 0 N–H and O–H groups in total. The molecule has 9 heteroatoms. The average molecular weight is 471 g/mol. The summed E-state index contributed by atoms with van der Waals surface area (Å²) in [4.78, 5) is 22.1. The monoisotopic (exact) mass is 470 g/mol. The summed E-state index contributed by atoms with van der Waals surface area (Å²) in [5, 5.41) is 9.81. The number of nitrogens with zero attached hydrogens (tertiary/aromatic N) is 4. The number of carbonyl (C=O) groups is 2. The van der Waals surface area contributed by atoms with Gasteiger partial charge in [-0.25, -0.2) is 14.2 Å². The van der Waals surface area contributed by atoms with Crippen molar-refractivity contribution in [3.8, 4) is 11.4 Å². The molecule has 0 aliphatic rings. The highest BCUT2D eigenvalue weighted by atomic mass is 35.5. The predicted octanol–water partition coefficient (Wildman–Crippen LogP) is 5.27. The smallest absolute Gasteiger partial charge is 0.341 e. The van der Waals surface area contributed by atoms with E-state index in [0.29, 0.717) is 26.9 Å². The molecule has 0 fully saturated rings. The Morgan fingerprint density at radius 1 is 0.844 bits per heavy atom. The fourth-order valence-corrected chi connectivity index (χ4v) is 3.06. The molecule has 0 spiro atoms. The van der Waals surface area contributed by atoms with Crippen LogP contribution >= 0.6 is 23.2 Å². The first-order valence-corrected chi connectivity index (χ1v) is 10.3. The number of hydrogen-bond donors (Lipinski definition) is 0. The quantitative estimate of drug-likeness (QED) is 0.300. The summed E-state index contributed by atoms with van der Waals surface area (Å²) in [6.07, 6.45) is 4.14. The van der Waals surface area contributed by atoms with E-state index in [4.69, 9.17) is 23.2 Å². The molecule has 0 aliphatic carbocycles. The summed E-state index contributed by atoms with van der Waals surface area (Å²) in [6, 6.07) is 14.5. The average Bonchev–Trinajstić information content (AvgIpc) is 3.37. The number of carbonyl (C=O) groups excluding carboxylic acids is 2. The Morgan fingerprint density at radius 3 is 1.75 bits per heavy atom. The fourth-order valence-electron chi connectivity index (χ4n) is 2.81. The number of rotatable bonds is 4. The number of aromatic nitrogens is 4. The molecule has 32 heavy (non-hydrogen) atoms. The molecule has 0 amide bonds. The van der Waals surface area contributed by atoms with E-state index in [0.717, 1.165) is 23.4 Å². The van der Waals surface area contributed by atoms with E-state index in [1.54, 1.807) is 59.9 Å². The molecule has 7 nitrogen and oxygen atoms in total. The maximum Gasteiger partial charge on any atom is 0.341 e. The van der Waals surface area contributed by atoms with Crippen LogP contribution in [0, 0.1) is 13.8 Å². The third-order valence-corrected chi connectivity index (χ3v) is 5.05. The van der Waals surface area contributed by atoms with Gasteiger partial charge in [-0.1, -0.05) is 23.2 Å². The van der Waals surface area contributed by atoms with Gasteiger partial charge in [0.15, 0.2) is 6.29 Å². The Labute approximate surface area is 195 Å². The van der Waals surface area contributed by atoms with Crippen LogP contribution in [0.2, 0.25) is 10.0 Å². The minimum atomic E-state index is -0.386. The zero-order valence-electron chi connectivity index (χ0n) is 17.6. The van der Waals surface area contributed by atoms with Crippen LogP contribution in [0.4, 0.5) is 0 Å². The maximum atomic E-state index is 11.4. The number of aryl methyl sites for hydroxylation is 2. The number of hydrogen-bond acceptors (Lipinski definition) is 5. The highest BCUT2D eigenvalue weighted by Crippen LogP contribution is 2.16. The van der Waals surface area contributed by atoms with Crippen molar-refractivity contribution in [3.05, 3.63) is 93.5 Å². The number of ether oxygens (including phenoxy) is 1. The zero-order valence-corrected chi connectivity index (χ0v) is 19.1. The van der Waals surface area contributed by atoms with Crippen molar-refractivity contribution in [2.45, 2.75) is 13.8 Å². The molecule has 0 radical (unpaired) electrons. The van der Waals surface area contributed by atoms with Gasteiger partial charge in [-0.3, -0.25) is 4.79 Å². The lowest BCUT2D eigenvalue weighted by atomic mass is 10.3. The molecule has 0 unspecified atom stereocenters. The molecule has 164 valence electrons. The Bertz CT molecular complexity index is 1230. The number of halogens is 2. The van der Waals surface area contributed by atoms with Gasteiger partial charge >= 0.3 is 5.97 Å². The van der Waals surface area contributed by atoms with E-state index >= 15 is 0 Å². The predicted molar refractivity (Wildman–Crippen MR) is 123 cm³/mol. The van der Waals surface area contributed by atoms with Crippen molar-refractivity contribution in [1.82, 2.24) is 19.6 Å². The van der Waals surface area contributed by atoms with Crippen LogP contribution in [0.25, 0.3) is 11.4 Å². The molecule has 0 aliphatic heterocycles. The van der Waals surface area contributed by atoms with Gasteiger partial charge in [0.05, 0.1) is 35.4 Å². The summed E-state index contributed by atoms with van der Waals surface area (Å²) < 4.78 is 7.96. The number of methoxy groups -OCH3 is 1. The Kier molecular flexibility index (Phi) is 7.45. The van der Waals surface area contributed by atoms with Crippen molar-refractivity contribution >= 4 is 35.5 Å². The van der Waals surface area contributed by atoms with Crippen molar-refractivity contribution in [2.24, 2.45) is 0 Å². The van der Waals surface area contributed by atoms with Gasteiger partial charge in [0.25, 0.3) is 0 Å². The second-order valence-electron chi connectivity index (χ2n) is 6.75. The van der Waals surface area contributed by atoms with Gasteiger partial charge in [0.2, 0.25) is 0 Å². The molecule has 0 atom stereocenters. The first-order valence-electron chi connectivity index (χ1n) is 9.50. The van der Waals surface area contributed by atoms with E-state index in [1.807, 2.05) is 24.3 Å². The van der Waals surface area contributed by atoms with E-state index in [2.05, 4.69) is 14.9 Å². The van der Waals surface area contributed by atoms with Crippen LogP contribution in [0.5, 0.6) is 0 Å². The lowest BCUT2D eigenvalue weighted by Gasteiger charge is -2.00. The Morgan fingerprint density at radius 2 is 1.31 bits per heavy atom. The van der Waals surface area contributed by atoms with Gasteiger partial charge in [0, 0.05) is 22.4 Å². The summed E-state index contributed by atoms with van der Waals surface area (Å²) in [5.74, 6) is -0.386. The molecular formula is C23H20Cl2N4O3. The van der Waals surface area contributed by atoms with Gasteiger partial charge in [-0.05, 0) is 62.4 Å². The Balaban J connectivity index is 0.000000182. The highest BCUT2D eigenvalue weighted by molar-refractivity contribution is 6.30. The normalized spacial score (nSPS) is 10.3. The summed E-state index contributed by atoms with van der Waals surface area (Å²) in [7, 11) is 1.35. The summed E-state index contributed by atoms with van der Waals surface area (Å²) in [6.45, 7) is 3.56. The zero-order chi connectivity index (χ0) is 23.3. The number of aldehydes is 1. The summed E-state index contributed by atoms with van der Waals surface area (Å²) >= 11 is 11.6. The molecule has 0 bridgehead atoms. The lowest BCUT2D eigenvalue weighted by molar-refractivity contribution is 0.0600. The standard InChI is InChI=1S/C12H11ClN2O2.C11H9ClN2O/c1-8-11(12(16)17-2)7-15(14-8)10-5-3-9(13)4-6-10;1-8-9(7-15)6-14(13-8)11-4-2-10(12)3-5-11/h3-7H,1-2H3;2-7H,1H3. The second-order valence-corrected chi connectivity index (χ2v) is 7.62. The fraction of sp³-hybridized carbons (Fsp3) is 0.130. The number of benzene rings is 2. The molecular weight excluding hydrogens is 451 g/mol. The van der Waals surface area contributed by atoms with Crippen LogP contribution in [-0.2, 0) is 4.74 Å². The van der Waals surface area contributed by atoms with Crippen molar-refractivity contribution in [2.75, 3.05) is 7.11 Å². The lowest BCUT2D eigenvalue weighted by Crippen LogP contribution is -2.01. The first-order chi connectivity index (χ1) is 15.3. The minimum absolute atomic E-state index is 0.386. The maximum absolute atomic E-state index is 11.4. The Hall–Kier alpha value is -3.42. The minimum Gasteiger partial charge on any atom is -0.465 e.